The standard InChI is InChI=1S/C20H17F8NO2/c1-10(12-8-14(19(23,24)25)16(22)15(9-12)20(26,27)28)31-18-17(29-6-7-30-18)11-2-4-13(21)5-3-11/h2-5,8-10,17-18,29H,6-7H2,1H3/t10-,17+,18-/m1/s1. The number of alkyl halides is 6. The van der Waals surface area contributed by atoms with E-state index in [0.29, 0.717) is 24.2 Å². The molecule has 0 aliphatic carbocycles. The molecule has 0 aromatic heterocycles. The van der Waals surface area contributed by atoms with Crippen molar-refractivity contribution in [1.29, 1.82) is 0 Å². The van der Waals surface area contributed by atoms with Gasteiger partial charge in [-0.1, -0.05) is 12.1 Å². The second-order valence-electron chi connectivity index (χ2n) is 6.93. The number of hydrogen-bond donors (Lipinski definition) is 1. The van der Waals surface area contributed by atoms with Gasteiger partial charge in [0.2, 0.25) is 0 Å². The van der Waals surface area contributed by atoms with Crippen molar-refractivity contribution < 1.29 is 44.6 Å². The van der Waals surface area contributed by atoms with Crippen LogP contribution in [-0.2, 0) is 21.8 Å². The molecule has 0 saturated carbocycles. The molecule has 0 amide bonds. The smallest absolute Gasteiger partial charge is 0.349 e. The van der Waals surface area contributed by atoms with E-state index in [9.17, 15) is 35.1 Å². The Morgan fingerprint density at radius 2 is 1.52 bits per heavy atom. The lowest BCUT2D eigenvalue weighted by Gasteiger charge is -2.35. The first-order valence-corrected chi connectivity index (χ1v) is 9.11. The fraction of sp³-hybridized carbons (Fsp3) is 0.400. The van der Waals surface area contributed by atoms with Crippen LogP contribution in [0.15, 0.2) is 36.4 Å². The number of halogens is 8. The number of rotatable bonds is 4. The monoisotopic (exact) mass is 455 g/mol. The van der Waals surface area contributed by atoms with Crippen molar-refractivity contribution in [3.63, 3.8) is 0 Å². The predicted octanol–water partition coefficient (Wildman–Crippen LogP) is 5.77. The minimum Gasteiger partial charge on any atom is -0.349 e. The number of nitrogens with one attached hydrogen (secondary N) is 1. The molecule has 1 N–H and O–H groups in total. The third kappa shape index (κ3) is 5.34. The molecule has 1 fully saturated rings. The lowest BCUT2D eigenvalue weighted by Crippen LogP contribution is -2.43. The Hall–Kier alpha value is -2.24. The van der Waals surface area contributed by atoms with Gasteiger partial charge >= 0.3 is 12.4 Å². The van der Waals surface area contributed by atoms with E-state index >= 15 is 0 Å². The topological polar surface area (TPSA) is 30.5 Å². The van der Waals surface area contributed by atoms with Crippen LogP contribution in [0.3, 0.4) is 0 Å². The molecular weight excluding hydrogens is 438 g/mol. The van der Waals surface area contributed by atoms with Crippen LogP contribution >= 0.6 is 0 Å². The van der Waals surface area contributed by atoms with Crippen LogP contribution in [0.5, 0.6) is 0 Å². The van der Waals surface area contributed by atoms with Gasteiger partial charge in [0.15, 0.2) is 6.29 Å². The molecule has 170 valence electrons. The summed E-state index contributed by atoms with van der Waals surface area (Å²) in [7, 11) is 0. The average molecular weight is 455 g/mol. The number of hydrogen-bond acceptors (Lipinski definition) is 3. The van der Waals surface area contributed by atoms with Crippen LogP contribution in [0.4, 0.5) is 35.1 Å². The third-order valence-corrected chi connectivity index (χ3v) is 4.76. The molecule has 3 atom stereocenters. The van der Waals surface area contributed by atoms with E-state index in [0.717, 1.165) is 0 Å². The van der Waals surface area contributed by atoms with Crippen LogP contribution in [0.2, 0.25) is 0 Å². The zero-order chi connectivity index (χ0) is 23.0. The first-order chi connectivity index (χ1) is 14.4. The van der Waals surface area contributed by atoms with E-state index in [1.165, 1.54) is 31.2 Å². The van der Waals surface area contributed by atoms with Gasteiger partial charge in [-0.15, -0.1) is 0 Å². The zero-order valence-electron chi connectivity index (χ0n) is 16.0. The van der Waals surface area contributed by atoms with Crippen LogP contribution in [-0.4, -0.2) is 19.4 Å². The van der Waals surface area contributed by atoms with Gasteiger partial charge in [-0.25, -0.2) is 8.78 Å². The predicted molar refractivity (Wildman–Crippen MR) is 92.8 cm³/mol. The molecule has 0 unspecified atom stereocenters. The van der Waals surface area contributed by atoms with Gasteiger partial charge in [-0.05, 0) is 42.3 Å². The summed E-state index contributed by atoms with van der Waals surface area (Å²) < 4.78 is 117. The third-order valence-electron chi connectivity index (χ3n) is 4.76. The molecule has 31 heavy (non-hydrogen) atoms. The van der Waals surface area contributed by atoms with Gasteiger partial charge in [0.05, 0.1) is 29.9 Å². The highest BCUT2D eigenvalue weighted by molar-refractivity contribution is 5.36. The molecule has 3 rings (SSSR count). The maximum Gasteiger partial charge on any atom is 0.419 e. The van der Waals surface area contributed by atoms with Crippen molar-refractivity contribution >= 4 is 0 Å². The summed E-state index contributed by atoms with van der Waals surface area (Å²) >= 11 is 0. The minimum atomic E-state index is -5.33. The van der Waals surface area contributed by atoms with E-state index < -0.39 is 59.1 Å². The Labute approximate surface area is 172 Å². The van der Waals surface area contributed by atoms with Gasteiger partial charge in [0.1, 0.15) is 11.6 Å². The summed E-state index contributed by atoms with van der Waals surface area (Å²) in [5, 5.41) is 3.05. The van der Waals surface area contributed by atoms with Crippen molar-refractivity contribution in [1.82, 2.24) is 5.32 Å². The van der Waals surface area contributed by atoms with Crippen molar-refractivity contribution in [2.45, 2.75) is 37.7 Å². The Morgan fingerprint density at radius 3 is 2.03 bits per heavy atom. The maximum atomic E-state index is 13.9. The van der Waals surface area contributed by atoms with Crippen LogP contribution < -0.4 is 5.32 Å². The quantitative estimate of drug-likeness (QED) is 0.594. The highest BCUT2D eigenvalue weighted by Crippen LogP contribution is 2.41. The molecular formula is C20H17F8NO2. The Morgan fingerprint density at radius 1 is 0.968 bits per heavy atom. The zero-order valence-corrected chi connectivity index (χ0v) is 16.0. The fourth-order valence-corrected chi connectivity index (χ4v) is 3.22. The molecule has 3 nitrogen and oxygen atoms in total. The van der Waals surface area contributed by atoms with E-state index in [2.05, 4.69) is 5.32 Å². The highest BCUT2D eigenvalue weighted by Gasteiger charge is 2.42. The molecule has 2 aromatic rings. The summed E-state index contributed by atoms with van der Waals surface area (Å²) in [5.74, 6) is -2.88. The van der Waals surface area contributed by atoms with Gasteiger partial charge in [-0.2, -0.15) is 26.3 Å². The van der Waals surface area contributed by atoms with Crippen LogP contribution in [0.25, 0.3) is 0 Å². The molecule has 1 aliphatic rings. The second kappa shape index (κ2) is 8.71. The molecule has 0 bridgehead atoms. The fourth-order valence-electron chi connectivity index (χ4n) is 3.22. The average Bonchev–Trinajstić information content (AvgIpc) is 2.67. The molecule has 11 heteroatoms. The highest BCUT2D eigenvalue weighted by atomic mass is 19.4. The van der Waals surface area contributed by atoms with E-state index in [1.54, 1.807) is 0 Å². The van der Waals surface area contributed by atoms with Crippen molar-refractivity contribution in [2.24, 2.45) is 0 Å². The second-order valence-corrected chi connectivity index (χ2v) is 6.93. The van der Waals surface area contributed by atoms with Gasteiger partial charge in [0.25, 0.3) is 0 Å². The van der Waals surface area contributed by atoms with E-state index in [1.807, 2.05) is 0 Å². The lowest BCUT2D eigenvalue weighted by molar-refractivity contribution is -0.200. The Balaban J connectivity index is 1.92. The van der Waals surface area contributed by atoms with E-state index in [-0.39, 0.29) is 6.61 Å². The first kappa shape index (κ1) is 23.4. The van der Waals surface area contributed by atoms with Crippen LogP contribution in [0, 0.1) is 11.6 Å². The van der Waals surface area contributed by atoms with Gasteiger partial charge in [-0.3, -0.25) is 0 Å². The SMILES string of the molecule is C[C@@H](O[C@H]1OCCN[C@H]1c1ccc(F)cc1)c1cc(C(F)(F)F)c(F)c(C(F)(F)F)c1. The largest absolute Gasteiger partial charge is 0.419 e. The van der Waals surface area contributed by atoms with Gasteiger partial charge < -0.3 is 14.8 Å². The summed E-state index contributed by atoms with van der Waals surface area (Å²) in [6.45, 7) is 1.79. The normalized spacial score (nSPS) is 21.2. The molecule has 2 aromatic carbocycles. The van der Waals surface area contributed by atoms with Crippen molar-refractivity contribution in [2.75, 3.05) is 13.2 Å². The summed E-state index contributed by atoms with van der Waals surface area (Å²) in [6, 6.07) is 5.21. The molecule has 0 radical (unpaired) electrons. The summed E-state index contributed by atoms with van der Waals surface area (Å²) in [4.78, 5) is 0. The number of benzene rings is 2. The summed E-state index contributed by atoms with van der Waals surface area (Å²) in [6.07, 6.45) is -13.1. The van der Waals surface area contributed by atoms with Crippen molar-refractivity contribution in [3.8, 4) is 0 Å². The first-order valence-electron chi connectivity index (χ1n) is 9.11. The molecule has 0 spiro atoms. The minimum absolute atomic E-state index is 0.167. The van der Waals surface area contributed by atoms with E-state index in [4.69, 9.17) is 9.47 Å². The van der Waals surface area contributed by atoms with Crippen LogP contribution in [0.1, 0.15) is 41.3 Å². The number of morpholine rings is 1. The Kier molecular flexibility index (Phi) is 6.59. The number of ether oxygens (including phenoxy) is 2. The lowest BCUT2D eigenvalue weighted by atomic mass is 10.00. The Bertz CT molecular complexity index is 876. The molecule has 1 heterocycles. The molecule has 1 aliphatic heterocycles. The van der Waals surface area contributed by atoms with Crippen molar-refractivity contribution in [3.05, 3.63) is 70.3 Å². The summed E-state index contributed by atoms with van der Waals surface area (Å²) in [5.41, 5.74) is -4.05. The molecule has 1 saturated heterocycles. The van der Waals surface area contributed by atoms with Gasteiger partial charge in [0, 0.05) is 6.54 Å². The maximum absolute atomic E-state index is 13.9.